The van der Waals surface area contributed by atoms with Crippen molar-refractivity contribution in [1.29, 1.82) is 0 Å². The molecule has 0 heterocycles. The molecule has 0 spiro atoms. The Morgan fingerprint density at radius 2 is 2.13 bits per heavy atom. The molecular weight excluding hydrogens is 230 g/mol. The molecule has 90 valence electrons. The Morgan fingerprint density at radius 1 is 1.47 bits per heavy atom. The van der Waals surface area contributed by atoms with Crippen LogP contribution in [0.4, 0.5) is 0 Å². The molecule has 0 saturated heterocycles. The Balaban J connectivity index is 1.93. The minimum Gasteiger partial charge on any atom is -0.314 e. The summed E-state index contributed by atoms with van der Waals surface area (Å²) < 4.78 is 21.7. The molecule has 0 bridgehead atoms. The molecule has 3 nitrogen and oxygen atoms in total. The fourth-order valence-corrected chi connectivity index (χ4v) is 3.58. The minimum atomic E-state index is -2.77. The molecule has 1 rings (SSSR count). The number of sulfone groups is 1. The second kappa shape index (κ2) is 6.11. The second-order valence-electron chi connectivity index (χ2n) is 4.49. The normalized spacial score (nSPS) is 19.1. The van der Waals surface area contributed by atoms with Gasteiger partial charge in [0.25, 0.3) is 0 Å². The van der Waals surface area contributed by atoms with Gasteiger partial charge in [0.2, 0.25) is 0 Å². The van der Waals surface area contributed by atoms with Crippen LogP contribution in [0.2, 0.25) is 0 Å². The van der Waals surface area contributed by atoms with E-state index in [1.807, 2.05) is 0 Å². The summed E-state index contributed by atoms with van der Waals surface area (Å²) in [7, 11) is -2.77. The van der Waals surface area contributed by atoms with Crippen molar-refractivity contribution < 1.29 is 8.42 Å². The van der Waals surface area contributed by atoms with Crippen LogP contribution in [0.3, 0.4) is 0 Å². The van der Waals surface area contributed by atoms with Crippen molar-refractivity contribution >= 4 is 21.6 Å². The summed E-state index contributed by atoms with van der Waals surface area (Å²) in [6.45, 7) is 3.28. The Labute approximate surface area is 97.3 Å². The summed E-state index contributed by atoms with van der Waals surface area (Å²) in [5.41, 5.74) is 0. The summed E-state index contributed by atoms with van der Waals surface area (Å²) in [5, 5.41) is 3.48. The summed E-state index contributed by atoms with van der Waals surface area (Å²) in [4.78, 5) is 0. The van der Waals surface area contributed by atoms with Gasteiger partial charge in [-0.3, -0.25) is 0 Å². The Hall–Kier alpha value is 0.260. The van der Waals surface area contributed by atoms with Crippen LogP contribution in [-0.4, -0.2) is 44.5 Å². The average Bonchev–Trinajstić information content (AvgIpc) is 2.91. The summed E-state index contributed by atoms with van der Waals surface area (Å²) in [6, 6.07) is 0.772. The van der Waals surface area contributed by atoms with Crippen molar-refractivity contribution in [2.75, 3.05) is 30.1 Å². The molecule has 15 heavy (non-hydrogen) atoms. The highest BCUT2D eigenvalue weighted by atomic mass is 32.2. The molecule has 1 aliphatic rings. The van der Waals surface area contributed by atoms with Gasteiger partial charge >= 0.3 is 0 Å². The van der Waals surface area contributed by atoms with Gasteiger partial charge in [0.1, 0.15) is 9.84 Å². The maximum absolute atomic E-state index is 10.9. The topological polar surface area (TPSA) is 46.2 Å². The zero-order valence-electron chi connectivity index (χ0n) is 9.53. The van der Waals surface area contributed by atoms with E-state index in [9.17, 15) is 8.42 Å². The Kier molecular flexibility index (Phi) is 5.43. The molecule has 1 aliphatic carbocycles. The van der Waals surface area contributed by atoms with Crippen LogP contribution in [0, 0.1) is 5.92 Å². The molecule has 0 aromatic rings. The molecule has 1 unspecified atom stereocenters. The quantitative estimate of drug-likeness (QED) is 0.658. The zero-order chi connectivity index (χ0) is 11.3. The number of nitrogens with one attached hydrogen (secondary N) is 1. The number of hydrogen-bond acceptors (Lipinski definition) is 4. The Bertz CT molecular complexity index is 273. The lowest BCUT2D eigenvalue weighted by molar-refractivity contribution is 0.557. The summed E-state index contributed by atoms with van der Waals surface area (Å²) in [6.07, 6.45) is 3.95. The van der Waals surface area contributed by atoms with Crippen molar-refractivity contribution in [3.05, 3.63) is 0 Å². The van der Waals surface area contributed by atoms with Crippen LogP contribution in [-0.2, 0) is 9.84 Å². The Morgan fingerprint density at radius 3 is 2.67 bits per heavy atom. The highest BCUT2D eigenvalue weighted by molar-refractivity contribution is 8.00. The van der Waals surface area contributed by atoms with E-state index in [0.29, 0.717) is 11.7 Å². The molecule has 5 heteroatoms. The second-order valence-corrected chi connectivity index (χ2v) is 7.90. The van der Waals surface area contributed by atoms with E-state index in [0.717, 1.165) is 24.1 Å². The minimum absolute atomic E-state index is 0.306. The highest BCUT2D eigenvalue weighted by Crippen LogP contribution is 2.19. The van der Waals surface area contributed by atoms with E-state index >= 15 is 0 Å². The van der Waals surface area contributed by atoms with E-state index in [1.54, 1.807) is 11.8 Å². The van der Waals surface area contributed by atoms with Crippen LogP contribution in [0.25, 0.3) is 0 Å². The van der Waals surface area contributed by atoms with E-state index in [4.69, 9.17) is 0 Å². The molecule has 1 atom stereocenters. The van der Waals surface area contributed by atoms with Gasteiger partial charge in [-0.05, 0) is 31.1 Å². The van der Waals surface area contributed by atoms with Gasteiger partial charge < -0.3 is 5.32 Å². The van der Waals surface area contributed by atoms with Gasteiger partial charge in [-0.2, -0.15) is 11.8 Å². The molecule has 0 amide bonds. The van der Waals surface area contributed by atoms with Crippen molar-refractivity contribution in [1.82, 2.24) is 5.32 Å². The highest BCUT2D eigenvalue weighted by Gasteiger charge is 2.20. The summed E-state index contributed by atoms with van der Waals surface area (Å²) in [5.74, 6) is 2.72. The third kappa shape index (κ3) is 8.11. The standard InChI is InChI=1S/C10H21NO2S2/c1-9(7-11-10-3-4-10)8-14-5-6-15(2,12)13/h9-11H,3-8H2,1-2H3. The zero-order valence-corrected chi connectivity index (χ0v) is 11.2. The molecular formula is C10H21NO2S2. The molecule has 1 N–H and O–H groups in total. The van der Waals surface area contributed by atoms with E-state index in [1.165, 1.54) is 19.1 Å². The van der Waals surface area contributed by atoms with Crippen LogP contribution in [0.5, 0.6) is 0 Å². The van der Waals surface area contributed by atoms with Gasteiger partial charge in [0, 0.05) is 18.1 Å². The van der Waals surface area contributed by atoms with E-state index in [2.05, 4.69) is 12.2 Å². The number of hydrogen-bond donors (Lipinski definition) is 1. The molecule has 0 aromatic heterocycles. The maximum Gasteiger partial charge on any atom is 0.148 e. The van der Waals surface area contributed by atoms with Crippen molar-refractivity contribution in [2.24, 2.45) is 5.92 Å². The fourth-order valence-electron chi connectivity index (χ4n) is 1.21. The lowest BCUT2D eigenvalue weighted by Crippen LogP contribution is -2.24. The first-order chi connectivity index (χ1) is 6.97. The van der Waals surface area contributed by atoms with E-state index in [-0.39, 0.29) is 0 Å². The SMILES string of the molecule is CC(CNC1CC1)CSCCS(C)(=O)=O. The first kappa shape index (κ1) is 13.3. The number of thioether (sulfide) groups is 1. The van der Waals surface area contributed by atoms with Crippen molar-refractivity contribution in [3.63, 3.8) is 0 Å². The lowest BCUT2D eigenvalue weighted by Gasteiger charge is -2.11. The molecule has 0 aliphatic heterocycles. The average molecular weight is 251 g/mol. The third-order valence-electron chi connectivity index (χ3n) is 2.33. The fraction of sp³-hybridized carbons (Fsp3) is 1.00. The third-order valence-corrected chi connectivity index (χ3v) is 4.83. The molecule has 0 aromatic carbocycles. The van der Waals surface area contributed by atoms with Crippen LogP contribution >= 0.6 is 11.8 Å². The first-order valence-corrected chi connectivity index (χ1v) is 8.68. The van der Waals surface area contributed by atoms with Crippen LogP contribution < -0.4 is 5.32 Å². The predicted octanol–water partition coefficient (Wildman–Crippen LogP) is 1.15. The van der Waals surface area contributed by atoms with E-state index < -0.39 is 9.84 Å². The van der Waals surface area contributed by atoms with Gasteiger partial charge in [-0.15, -0.1) is 0 Å². The summed E-state index contributed by atoms with van der Waals surface area (Å²) >= 11 is 1.74. The van der Waals surface area contributed by atoms with Gasteiger partial charge in [0.15, 0.2) is 0 Å². The predicted molar refractivity (Wildman–Crippen MR) is 67.2 cm³/mol. The molecule has 1 saturated carbocycles. The lowest BCUT2D eigenvalue weighted by atomic mass is 10.2. The number of rotatable bonds is 8. The van der Waals surface area contributed by atoms with Gasteiger partial charge in [0.05, 0.1) is 5.75 Å². The van der Waals surface area contributed by atoms with Gasteiger partial charge in [-0.25, -0.2) is 8.42 Å². The van der Waals surface area contributed by atoms with Crippen LogP contribution in [0.15, 0.2) is 0 Å². The monoisotopic (exact) mass is 251 g/mol. The van der Waals surface area contributed by atoms with Crippen LogP contribution in [0.1, 0.15) is 19.8 Å². The maximum atomic E-state index is 10.9. The van der Waals surface area contributed by atoms with Gasteiger partial charge in [-0.1, -0.05) is 6.92 Å². The van der Waals surface area contributed by atoms with Crippen molar-refractivity contribution in [2.45, 2.75) is 25.8 Å². The smallest absolute Gasteiger partial charge is 0.148 e. The molecule has 1 fully saturated rings. The van der Waals surface area contributed by atoms with Crippen molar-refractivity contribution in [3.8, 4) is 0 Å². The largest absolute Gasteiger partial charge is 0.314 e. The molecule has 0 radical (unpaired) electrons. The first-order valence-electron chi connectivity index (χ1n) is 5.46.